The van der Waals surface area contributed by atoms with E-state index in [1.165, 1.54) is 0 Å². The standard InChI is InChI=1S/C70H66O10/c1-50-66(75-47-55-31-17-6-18-32-55)68(76-48-56-33-19-7-20-34-56)69(77-49-57-35-21-8-22-36-57)70(78-50)80-65-42-60-62(73-45-53-27-13-4-14-28-53)40-59(71-43-51-23-9-2-10-24-51)41-63(60)79-67(65)58-37-38-61(72-44-52-25-11-3-12-26-52)64(39-58)74-46-54-29-15-5-16-30-54/h2-41,50,65-70H,42-49H2,1H3/t50?,65-,66-,67+,68+,69?,70-/m0/s1. The van der Waals surface area contributed by atoms with Crippen LogP contribution >= 0.6 is 0 Å². The molecule has 9 aromatic carbocycles. The molecule has 1 saturated heterocycles. The summed E-state index contributed by atoms with van der Waals surface area (Å²) in [6.45, 7) is 4.28. The average molecular weight is 1070 g/mol. The monoisotopic (exact) mass is 1070 g/mol. The predicted octanol–water partition coefficient (Wildman–Crippen LogP) is 14.6. The highest BCUT2D eigenvalue weighted by atomic mass is 16.7. The quantitative estimate of drug-likeness (QED) is 0.0582. The van der Waals surface area contributed by atoms with Crippen LogP contribution in [0.3, 0.4) is 0 Å². The van der Waals surface area contributed by atoms with Crippen molar-refractivity contribution in [1.29, 1.82) is 0 Å². The summed E-state index contributed by atoms with van der Waals surface area (Å²) in [7, 11) is 0. The minimum absolute atomic E-state index is 0.267. The van der Waals surface area contributed by atoms with E-state index in [4.69, 9.17) is 47.4 Å². The van der Waals surface area contributed by atoms with Gasteiger partial charge in [0.1, 0.15) is 68.1 Å². The van der Waals surface area contributed by atoms with Crippen LogP contribution in [0.25, 0.3) is 0 Å². The van der Waals surface area contributed by atoms with E-state index in [-0.39, 0.29) is 6.61 Å². The summed E-state index contributed by atoms with van der Waals surface area (Å²) in [4.78, 5) is 0. The van der Waals surface area contributed by atoms with Gasteiger partial charge in [-0.15, -0.1) is 0 Å². The molecule has 11 rings (SSSR count). The molecule has 2 heterocycles. The van der Waals surface area contributed by atoms with Gasteiger partial charge in [-0.1, -0.05) is 218 Å². The van der Waals surface area contributed by atoms with Crippen molar-refractivity contribution in [2.24, 2.45) is 0 Å². The zero-order valence-corrected chi connectivity index (χ0v) is 44.9. The fraction of sp³-hybridized carbons (Fsp3) is 0.229. The van der Waals surface area contributed by atoms with E-state index in [1.54, 1.807) is 0 Å². The number of ether oxygens (including phenoxy) is 10. The molecule has 0 amide bonds. The second kappa shape index (κ2) is 27.1. The normalized spacial score (nSPS) is 19.5. The minimum Gasteiger partial charge on any atom is -0.489 e. The van der Waals surface area contributed by atoms with Gasteiger partial charge in [0.15, 0.2) is 23.9 Å². The van der Waals surface area contributed by atoms with E-state index in [2.05, 4.69) is 36.4 Å². The van der Waals surface area contributed by atoms with E-state index in [0.717, 1.165) is 50.1 Å². The summed E-state index contributed by atoms with van der Waals surface area (Å²) in [5.74, 6) is 2.97. The molecule has 2 aliphatic heterocycles. The van der Waals surface area contributed by atoms with Crippen molar-refractivity contribution in [2.75, 3.05) is 0 Å². The van der Waals surface area contributed by atoms with Gasteiger partial charge in [0.2, 0.25) is 0 Å². The molecule has 0 N–H and O–H groups in total. The fourth-order valence-corrected chi connectivity index (χ4v) is 10.1. The van der Waals surface area contributed by atoms with Gasteiger partial charge in [-0.25, -0.2) is 0 Å². The maximum absolute atomic E-state index is 7.51. The van der Waals surface area contributed by atoms with Gasteiger partial charge >= 0.3 is 0 Å². The molecule has 9 aromatic rings. The summed E-state index contributed by atoms with van der Waals surface area (Å²) in [6.07, 6.45) is -4.47. The molecular weight excluding hydrogens is 1000 g/mol. The lowest BCUT2D eigenvalue weighted by Gasteiger charge is -2.47. The molecular formula is C70H66O10. The topological polar surface area (TPSA) is 92.3 Å². The number of hydrogen-bond acceptors (Lipinski definition) is 10. The second-order valence-corrected chi connectivity index (χ2v) is 20.1. The van der Waals surface area contributed by atoms with Crippen LogP contribution in [0, 0.1) is 0 Å². The molecule has 406 valence electrons. The zero-order valence-electron chi connectivity index (χ0n) is 44.9. The smallest absolute Gasteiger partial charge is 0.187 e. The van der Waals surface area contributed by atoms with Gasteiger partial charge in [-0.2, -0.15) is 0 Å². The highest BCUT2D eigenvalue weighted by molar-refractivity contribution is 5.54. The van der Waals surface area contributed by atoms with Gasteiger partial charge in [0.05, 0.1) is 25.9 Å². The van der Waals surface area contributed by atoms with Gasteiger partial charge in [0.25, 0.3) is 0 Å². The van der Waals surface area contributed by atoms with Crippen LogP contribution in [0.4, 0.5) is 0 Å². The van der Waals surface area contributed by atoms with E-state index in [0.29, 0.717) is 74.8 Å². The average Bonchev–Trinajstić information content (AvgIpc) is 3.54. The number of fused-ring (bicyclic) bond motifs is 1. The molecule has 0 spiro atoms. The summed E-state index contributed by atoms with van der Waals surface area (Å²) in [5.41, 5.74) is 8.76. The molecule has 0 saturated carbocycles. The summed E-state index contributed by atoms with van der Waals surface area (Å²) >= 11 is 0. The predicted molar refractivity (Wildman–Crippen MR) is 307 cm³/mol. The van der Waals surface area contributed by atoms with Crippen LogP contribution in [0.15, 0.2) is 243 Å². The first-order valence-electron chi connectivity index (χ1n) is 27.5. The molecule has 10 heteroatoms. The Kier molecular flexibility index (Phi) is 18.2. The van der Waals surface area contributed by atoms with Crippen LogP contribution in [0.1, 0.15) is 63.1 Å². The van der Waals surface area contributed by atoms with E-state index in [1.807, 2.05) is 213 Å². The van der Waals surface area contributed by atoms with E-state index < -0.39 is 42.9 Å². The molecule has 7 atom stereocenters. The molecule has 1 fully saturated rings. The Labute approximate surface area is 469 Å². The summed E-state index contributed by atoms with van der Waals surface area (Å²) in [6, 6.07) is 80.7. The highest BCUT2D eigenvalue weighted by Gasteiger charge is 2.50. The SMILES string of the molecule is CC1O[C@@H](O[C@H]2Cc3c(OCc4ccccc4)cc(OCc4ccccc4)cc3O[C@@H]2c2ccc(OCc3ccccc3)c(OCc3ccccc3)c2)C(OCc2ccccc2)[C@H](OCc2ccccc2)[C@H]1OCc1ccccc1. The van der Waals surface area contributed by atoms with Crippen LogP contribution in [0.5, 0.6) is 28.7 Å². The lowest BCUT2D eigenvalue weighted by atomic mass is 9.92. The second-order valence-electron chi connectivity index (χ2n) is 20.1. The largest absolute Gasteiger partial charge is 0.489 e. The van der Waals surface area contributed by atoms with E-state index >= 15 is 0 Å². The van der Waals surface area contributed by atoms with Crippen LogP contribution in [-0.2, 0) is 76.4 Å². The Morgan fingerprint density at radius 2 is 0.775 bits per heavy atom. The molecule has 2 aliphatic rings. The van der Waals surface area contributed by atoms with Crippen molar-refractivity contribution in [2.45, 2.75) is 103 Å². The van der Waals surface area contributed by atoms with Crippen molar-refractivity contribution in [3.05, 3.63) is 293 Å². The van der Waals surface area contributed by atoms with Gasteiger partial charge < -0.3 is 47.4 Å². The van der Waals surface area contributed by atoms with Gasteiger partial charge in [-0.3, -0.25) is 0 Å². The van der Waals surface area contributed by atoms with Crippen molar-refractivity contribution in [3.63, 3.8) is 0 Å². The lowest BCUT2D eigenvalue weighted by Crippen LogP contribution is -2.61. The highest BCUT2D eigenvalue weighted by Crippen LogP contribution is 2.46. The molecule has 0 aromatic heterocycles. The fourth-order valence-electron chi connectivity index (χ4n) is 10.1. The third kappa shape index (κ3) is 14.3. The first-order chi connectivity index (χ1) is 39.5. The lowest BCUT2D eigenvalue weighted by molar-refractivity contribution is -0.333. The molecule has 80 heavy (non-hydrogen) atoms. The third-order valence-electron chi connectivity index (χ3n) is 14.3. The molecule has 0 aliphatic carbocycles. The summed E-state index contributed by atoms with van der Waals surface area (Å²) in [5, 5.41) is 0. The Hall–Kier alpha value is -8.22. The van der Waals surface area contributed by atoms with Crippen molar-refractivity contribution < 1.29 is 47.4 Å². The third-order valence-corrected chi connectivity index (χ3v) is 14.3. The van der Waals surface area contributed by atoms with Gasteiger partial charge in [0, 0.05) is 24.1 Å². The number of rotatable bonds is 24. The van der Waals surface area contributed by atoms with Gasteiger partial charge in [-0.05, 0) is 63.6 Å². The molecule has 0 radical (unpaired) electrons. The van der Waals surface area contributed by atoms with Crippen LogP contribution in [-0.4, -0.2) is 36.8 Å². The Morgan fingerprint density at radius 1 is 0.375 bits per heavy atom. The maximum atomic E-state index is 7.51. The Morgan fingerprint density at radius 3 is 1.25 bits per heavy atom. The molecule has 10 nitrogen and oxygen atoms in total. The molecule has 0 bridgehead atoms. The van der Waals surface area contributed by atoms with Crippen molar-refractivity contribution in [1.82, 2.24) is 0 Å². The Bertz CT molecular complexity index is 3280. The number of benzene rings is 9. The minimum atomic E-state index is -0.965. The van der Waals surface area contributed by atoms with Crippen molar-refractivity contribution in [3.8, 4) is 28.7 Å². The summed E-state index contributed by atoms with van der Waals surface area (Å²) < 4.78 is 69.4. The van der Waals surface area contributed by atoms with Crippen LogP contribution in [0.2, 0.25) is 0 Å². The van der Waals surface area contributed by atoms with E-state index in [9.17, 15) is 0 Å². The van der Waals surface area contributed by atoms with Crippen LogP contribution < -0.4 is 23.7 Å². The maximum Gasteiger partial charge on any atom is 0.187 e. The van der Waals surface area contributed by atoms with Crippen molar-refractivity contribution >= 4 is 0 Å². The number of hydrogen-bond donors (Lipinski definition) is 0. The first-order valence-corrected chi connectivity index (χ1v) is 27.5. The Balaban J connectivity index is 0.986. The first kappa shape index (κ1) is 53.8. The zero-order chi connectivity index (χ0) is 54.1. The molecule has 2 unspecified atom stereocenters.